The van der Waals surface area contributed by atoms with E-state index >= 15 is 0 Å². The monoisotopic (exact) mass is 201 g/mol. The van der Waals surface area contributed by atoms with Crippen LogP contribution < -0.4 is 10.1 Å². The van der Waals surface area contributed by atoms with Gasteiger partial charge in [-0.25, -0.2) is 0 Å². The number of rotatable bonds is 2. The number of para-hydroxylation sites is 1. The highest BCUT2D eigenvalue weighted by Crippen LogP contribution is 2.28. The lowest BCUT2D eigenvalue weighted by Gasteiger charge is -2.00. The van der Waals surface area contributed by atoms with Crippen molar-refractivity contribution in [1.29, 1.82) is 0 Å². The fourth-order valence-corrected chi connectivity index (χ4v) is 1.64. The summed E-state index contributed by atoms with van der Waals surface area (Å²) in [4.78, 5) is 0. The maximum Gasteiger partial charge on any atom is 0.138 e. The number of hydrogen-bond acceptors (Lipinski definition) is 2. The predicted molar refractivity (Wildman–Crippen MR) is 61.1 cm³/mol. The Bertz CT molecular complexity index is 401. The zero-order valence-corrected chi connectivity index (χ0v) is 8.97. The van der Waals surface area contributed by atoms with Gasteiger partial charge >= 0.3 is 0 Å². The molecule has 1 heterocycles. The van der Waals surface area contributed by atoms with Gasteiger partial charge in [-0.15, -0.1) is 0 Å². The van der Waals surface area contributed by atoms with Gasteiger partial charge in [-0.3, -0.25) is 0 Å². The van der Waals surface area contributed by atoms with Gasteiger partial charge in [0.05, 0.1) is 18.7 Å². The minimum atomic E-state index is 0.736. The smallest absolute Gasteiger partial charge is 0.138 e. The second-order valence-electron chi connectivity index (χ2n) is 3.47. The highest BCUT2D eigenvalue weighted by Gasteiger charge is 2.14. The van der Waals surface area contributed by atoms with Crippen molar-refractivity contribution in [2.24, 2.45) is 0 Å². The van der Waals surface area contributed by atoms with E-state index in [1.165, 1.54) is 5.56 Å². The molecule has 1 aromatic carbocycles. The van der Waals surface area contributed by atoms with Gasteiger partial charge in [-0.1, -0.05) is 30.9 Å². The molecule has 2 heteroatoms. The molecule has 0 spiro atoms. The SMILES string of the molecule is CCNCC#Cc1cccc2c1OCC2. The molecule has 0 saturated heterocycles. The molecule has 0 amide bonds. The lowest BCUT2D eigenvalue weighted by Crippen LogP contribution is -2.11. The first-order chi connectivity index (χ1) is 7.42. The van der Waals surface area contributed by atoms with Gasteiger partial charge in [-0.2, -0.15) is 0 Å². The Balaban J connectivity index is 2.14. The molecule has 1 aliphatic heterocycles. The van der Waals surface area contributed by atoms with E-state index in [4.69, 9.17) is 4.74 Å². The van der Waals surface area contributed by atoms with Crippen molar-refractivity contribution < 1.29 is 4.74 Å². The molecule has 1 aromatic rings. The van der Waals surface area contributed by atoms with E-state index in [9.17, 15) is 0 Å². The van der Waals surface area contributed by atoms with Crippen LogP contribution in [-0.2, 0) is 6.42 Å². The zero-order valence-electron chi connectivity index (χ0n) is 8.97. The zero-order chi connectivity index (χ0) is 10.5. The average Bonchev–Trinajstić information content (AvgIpc) is 2.73. The molecule has 0 aliphatic carbocycles. The van der Waals surface area contributed by atoms with Crippen LogP contribution >= 0.6 is 0 Å². The van der Waals surface area contributed by atoms with Gasteiger partial charge in [0.1, 0.15) is 5.75 Å². The molecule has 1 aliphatic rings. The highest BCUT2D eigenvalue weighted by atomic mass is 16.5. The van der Waals surface area contributed by atoms with Crippen molar-refractivity contribution in [3.8, 4) is 17.6 Å². The van der Waals surface area contributed by atoms with Crippen LogP contribution in [0.15, 0.2) is 18.2 Å². The van der Waals surface area contributed by atoms with E-state index in [-0.39, 0.29) is 0 Å². The normalized spacial score (nSPS) is 12.6. The molecule has 15 heavy (non-hydrogen) atoms. The van der Waals surface area contributed by atoms with E-state index < -0.39 is 0 Å². The number of benzene rings is 1. The summed E-state index contributed by atoms with van der Waals surface area (Å²) in [6, 6.07) is 6.17. The van der Waals surface area contributed by atoms with Crippen molar-refractivity contribution in [1.82, 2.24) is 5.32 Å². The van der Waals surface area contributed by atoms with Crippen molar-refractivity contribution in [3.05, 3.63) is 29.3 Å². The van der Waals surface area contributed by atoms with Crippen LogP contribution in [0.25, 0.3) is 0 Å². The molecule has 1 N–H and O–H groups in total. The third kappa shape index (κ3) is 2.31. The Morgan fingerprint density at radius 1 is 1.47 bits per heavy atom. The molecule has 0 saturated carbocycles. The first kappa shape index (κ1) is 10.1. The van der Waals surface area contributed by atoms with E-state index in [0.29, 0.717) is 0 Å². The van der Waals surface area contributed by atoms with E-state index in [1.54, 1.807) is 0 Å². The summed E-state index contributed by atoms with van der Waals surface area (Å²) in [5.74, 6) is 7.22. The first-order valence-corrected chi connectivity index (χ1v) is 5.36. The minimum Gasteiger partial charge on any atom is -0.492 e. The number of hydrogen-bond donors (Lipinski definition) is 1. The molecule has 0 bridgehead atoms. The van der Waals surface area contributed by atoms with Gasteiger partial charge < -0.3 is 10.1 Å². The second-order valence-corrected chi connectivity index (χ2v) is 3.47. The topological polar surface area (TPSA) is 21.3 Å². The molecule has 2 nitrogen and oxygen atoms in total. The molecular weight excluding hydrogens is 186 g/mol. The third-order valence-electron chi connectivity index (χ3n) is 2.40. The quantitative estimate of drug-likeness (QED) is 0.579. The van der Waals surface area contributed by atoms with E-state index in [2.05, 4.69) is 30.1 Å². The maximum absolute atomic E-state index is 5.56. The maximum atomic E-state index is 5.56. The van der Waals surface area contributed by atoms with E-state index in [1.807, 2.05) is 12.1 Å². The van der Waals surface area contributed by atoms with Crippen LogP contribution in [-0.4, -0.2) is 19.7 Å². The minimum absolute atomic E-state index is 0.736. The van der Waals surface area contributed by atoms with Crippen LogP contribution in [0.1, 0.15) is 18.1 Å². The summed E-state index contributed by atoms with van der Waals surface area (Å²) in [7, 11) is 0. The van der Waals surface area contributed by atoms with Crippen molar-refractivity contribution in [3.63, 3.8) is 0 Å². The summed E-state index contributed by atoms with van der Waals surface area (Å²) in [6.07, 6.45) is 1.01. The number of ether oxygens (including phenoxy) is 1. The molecule has 0 radical (unpaired) electrons. The van der Waals surface area contributed by atoms with Gasteiger partial charge in [0.15, 0.2) is 0 Å². The summed E-state index contributed by atoms with van der Waals surface area (Å²) in [6.45, 7) is 4.56. The van der Waals surface area contributed by atoms with Crippen LogP contribution in [0.3, 0.4) is 0 Å². The van der Waals surface area contributed by atoms with Crippen LogP contribution in [0.5, 0.6) is 5.75 Å². The number of nitrogens with one attached hydrogen (secondary N) is 1. The van der Waals surface area contributed by atoms with Gasteiger partial charge in [0.2, 0.25) is 0 Å². The van der Waals surface area contributed by atoms with Crippen LogP contribution in [0.4, 0.5) is 0 Å². The summed E-state index contributed by atoms with van der Waals surface area (Å²) in [5.41, 5.74) is 2.30. The van der Waals surface area contributed by atoms with Crippen LogP contribution in [0.2, 0.25) is 0 Å². The summed E-state index contributed by atoms with van der Waals surface area (Å²) in [5, 5.41) is 3.17. The summed E-state index contributed by atoms with van der Waals surface area (Å²) < 4.78 is 5.56. The first-order valence-electron chi connectivity index (χ1n) is 5.36. The van der Waals surface area contributed by atoms with Gasteiger partial charge in [0.25, 0.3) is 0 Å². The third-order valence-corrected chi connectivity index (χ3v) is 2.40. The molecule has 78 valence electrons. The Kier molecular flexibility index (Phi) is 3.26. The Morgan fingerprint density at radius 3 is 3.27 bits per heavy atom. The van der Waals surface area contributed by atoms with Crippen molar-refractivity contribution in [2.45, 2.75) is 13.3 Å². The van der Waals surface area contributed by atoms with Crippen LogP contribution in [0, 0.1) is 11.8 Å². The lowest BCUT2D eigenvalue weighted by molar-refractivity contribution is 0.356. The fourth-order valence-electron chi connectivity index (χ4n) is 1.64. The highest BCUT2D eigenvalue weighted by molar-refractivity contribution is 5.52. The van der Waals surface area contributed by atoms with Crippen molar-refractivity contribution in [2.75, 3.05) is 19.7 Å². The lowest BCUT2D eigenvalue weighted by atomic mass is 10.1. The Morgan fingerprint density at radius 2 is 2.40 bits per heavy atom. The van der Waals surface area contributed by atoms with Crippen molar-refractivity contribution >= 4 is 0 Å². The Hall–Kier alpha value is -1.46. The molecule has 0 unspecified atom stereocenters. The standard InChI is InChI=1S/C13H15NO/c1-2-14-9-4-7-11-5-3-6-12-8-10-15-13(11)12/h3,5-6,14H,2,8-10H2,1H3. The molecule has 0 fully saturated rings. The molecule has 0 aromatic heterocycles. The summed E-state index contributed by atoms with van der Waals surface area (Å²) >= 11 is 0. The molecule has 0 atom stereocenters. The second kappa shape index (κ2) is 4.86. The number of fused-ring (bicyclic) bond motifs is 1. The largest absolute Gasteiger partial charge is 0.492 e. The Labute approximate surface area is 90.6 Å². The average molecular weight is 201 g/mol. The molecular formula is C13H15NO. The predicted octanol–water partition coefficient (Wildman–Crippen LogP) is 1.58. The van der Waals surface area contributed by atoms with Gasteiger partial charge in [0, 0.05) is 6.42 Å². The molecule has 2 rings (SSSR count). The van der Waals surface area contributed by atoms with E-state index in [0.717, 1.165) is 37.4 Å². The van der Waals surface area contributed by atoms with Gasteiger partial charge in [-0.05, 0) is 18.2 Å². The fraction of sp³-hybridized carbons (Fsp3) is 0.385.